The van der Waals surface area contributed by atoms with E-state index in [2.05, 4.69) is 15.6 Å². The van der Waals surface area contributed by atoms with E-state index in [9.17, 15) is 9.59 Å². The number of para-hydroxylation sites is 2. The van der Waals surface area contributed by atoms with Gasteiger partial charge in [-0.2, -0.15) is 0 Å². The molecule has 0 radical (unpaired) electrons. The number of hydrogen-bond acceptors (Lipinski definition) is 4. The third kappa shape index (κ3) is 3.19. The van der Waals surface area contributed by atoms with Crippen LogP contribution < -0.4 is 10.6 Å². The molecule has 0 saturated heterocycles. The second kappa shape index (κ2) is 6.88. The van der Waals surface area contributed by atoms with Crippen molar-refractivity contribution < 1.29 is 9.59 Å². The smallest absolute Gasteiger partial charge is 0.268 e. The number of carbonyl (C=O) groups excluding carboxylic acids is 2. The highest BCUT2D eigenvalue weighted by atomic mass is 32.1. The fraction of sp³-hybridized carbons (Fsp3) is 0.211. The van der Waals surface area contributed by atoms with Gasteiger partial charge in [-0.25, -0.2) is 4.98 Å². The van der Waals surface area contributed by atoms with Gasteiger partial charge in [-0.05, 0) is 29.6 Å². The van der Waals surface area contributed by atoms with E-state index >= 15 is 0 Å². The number of aromatic nitrogens is 3. The van der Waals surface area contributed by atoms with Gasteiger partial charge in [0.25, 0.3) is 5.91 Å². The van der Waals surface area contributed by atoms with Crippen molar-refractivity contribution >= 4 is 44.4 Å². The summed E-state index contributed by atoms with van der Waals surface area (Å²) in [6.45, 7) is 0.224. The van der Waals surface area contributed by atoms with Gasteiger partial charge in [-0.3, -0.25) is 9.59 Å². The molecule has 1 aromatic carbocycles. The number of hydrogen-bond donors (Lipinski definition) is 2. The zero-order valence-corrected chi connectivity index (χ0v) is 15.8. The normalized spacial score (nSPS) is 11.2. The summed E-state index contributed by atoms with van der Waals surface area (Å²) in [6.07, 6.45) is 0. The maximum absolute atomic E-state index is 12.4. The van der Waals surface area contributed by atoms with Gasteiger partial charge in [-0.1, -0.05) is 12.1 Å². The third-order valence-electron chi connectivity index (χ3n) is 4.63. The Hall–Kier alpha value is -3.13. The van der Waals surface area contributed by atoms with Crippen LogP contribution in [0, 0.1) is 0 Å². The number of carbonyl (C=O) groups is 2. The summed E-state index contributed by atoms with van der Waals surface area (Å²) in [7, 11) is 3.76. The molecule has 7 nitrogen and oxygen atoms in total. The van der Waals surface area contributed by atoms with Crippen molar-refractivity contribution in [3.8, 4) is 0 Å². The standard InChI is InChI=1S/C19H19N5O2S/c1-23-14-7-8-27-16(14)9-15(23)19(26)21-11-18(25)20-10-17-22-12-5-3-4-6-13(12)24(17)2/h3-9H,10-11H2,1-2H3,(H,20,25)(H,21,26). The largest absolute Gasteiger partial charge is 0.347 e. The highest BCUT2D eigenvalue weighted by Gasteiger charge is 2.15. The molecule has 0 spiro atoms. The van der Waals surface area contributed by atoms with Crippen LogP contribution in [0.25, 0.3) is 21.3 Å². The molecule has 0 unspecified atom stereocenters. The SMILES string of the molecule is Cn1c(CNC(=O)CNC(=O)c2cc3sccc3n2C)nc2ccccc21. The summed E-state index contributed by atoms with van der Waals surface area (Å²) >= 11 is 1.58. The quantitative estimate of drug-likeness (QED) is 0.556. The average Bonchev–Trinajstić information content (AvgIpc) is 3.34. The van der Waals surface area contributed by atoms with Gasteiger partial charge < -0.3 is 19.8 Å². The van der Waals surface area contributed by atoms with Crippen molar-refractivity contribution in [1.29, 1.82) is 0 Å². The van der Waals surface area contributed by atoms with Gasteiger partial charge in [0.2, 0.25) is 5.91 Å². The molecule has 0 fully saturated rings. The molecule has 0 saturated carbocycles. The van der Waals surface area contributed by atoms with Crippen LogP contribution in [-0.2, 0) is 25.4 Å². The topological polar surface area (TPSA) is 81.0 Å². The van der Waals surface area contributed by atoms with Crippen molar-refractivity contribution in [1.82, 2.24) is 24.8 Å². The summed E-state index contributed by atoms with van der Waals surface area (Å²) in [5.41, 5.74) is 3.46. The van der Waals surface area contributed by atoms with E-state index in [0.717, 1.165) is 27.1 Å². The minimum absolute atomic E-state index is 0.0817. The molecule has 2 amide bonds. The summed E-state index contributed by atoms with van der Waals surface area (Å²) < 4.78 is 4.83. The van der Waals surface area contributed by atoms with Gasteiger partial charge in [0.15, 0.2) is 0 Å². The molecule has 138 valence electrons. The predicted molar refractivity (Wildman–Crippen MR) is 106 cm³/mol. The highest BCUT2D eigenvalue weighted by Crippen LogP contribution is 2.23. The average molecular weight is 381 g/mol. The van der Waals surface area contributed by atoms with E-state index in [1.807, 2.05) is 65.0 Å². The number of imidazole rings is 1. The first-order valence-electron chi connectivity index (χ1n) is 8.53. The van der Waals surface area contributed by atoms with Crippen molar-refractivity contribution in [2.45, 2.75) is 6.54 Å². The lowest BCUT2D eigenvalue weighted by atomic mass is 10.3. The molecule has 0 aliphatic heterocycles. The van der Waals surface area contributed by atoms with Gasteiger partial charge in [-0.15, -0.1) is 11.3 Å². The molecule has 0 bridgehead atoms. The lowest BCUT2D eigenvalue weighted by Gasteiger charge is -2.08. The van der Waals surface area contributed by atoms with Gasteiger partial charge in [0, 0.05) is 14.1 Å². The van der Waals surface area contributed by atoms with Crippen LogP contribution in [-0.4, -0.2) is 32.5 Å². The molecule has 0 atom stereocenters. The molecular weight excluding hydrogens is 362 g/mol. The Morgan fingerprint density at radius 3 is 2.67 bits per heavy atom. The number of fused-ring (bicyclic) bond motifs is 2. The number of aryl methyl sites for hydroxylation is 2. The Morgan fingerprint density at radius 2 is 1.89 bits per heavy atom. The van der Waals surface area contributed by atoms with Crippen LogP contribution in [0.1, 0.15) is 16.3 Å². The van der Waals surface area contributed by atoms with E-state index in [1.54, 1.807) is 11.3 Å². The Bertz CT molecular complexity index is 1150. The fourth-order valence-electron chi connectivity index (χ4n) is 3.11. The van der Waals surface area contributed by atoms with Crippen molar-refractivity contribution in [2.24, 2.45) is 14.1 Å². The number of benzene rings is 1. The minimum Gasteiger partial charge on any atom is -0.347 e. The summed E-state index contributed by atoms with van der Waals surface area (Å²) in [5, 5.41) is 7.46. The lowest BCUT2D eigenvalue weighted by molar-refractivity contribution is -0.120. The fourth-order valence-corrected chi connectivity index (χ4v) is 3.96. The summed E-state index contributed by atoms with van der Waals surface area (Å²) in [6, 6.07) is 11.6. The number of thiophene rings is 1. The van der Waals surface area contributed by atoms with Crippen LogP contribution in [0.4, 0.5) is 0 Å². The maximum Gasteiger partial charge on any atom is 0.268 e. The summed E-state index contributed by atoms with van der Waals surface area (Å²) in [5.74, 6) is 0.240. The molecule has 4 aromatic rings. The van der Waals surface area contributed by atoms with Gasteiger partial charge >= 0.3 is 0 Å². The van der Waals surface area contributed by atoms with Crippen molar-refractivity contribution in [3.05, 3.63) is 53.3 Å². The Morgan fingerprint density at radius 1 is 1.07 bits per heavy atom. The Kier molecular flexibility index (Phi) is 4.41. The molecule has 27 heavy (non-hydrogen) atoms. The second-order valence-electron chi connectivity index (χ2n) is 6.29. The minimum atomic E-state index is -0.265. The zero-order chi connectivity index (χ0) is 19.0. The molecular formula is C19H19N5O2S. The molecule has 2 N–H and O–H groups in total. The molecule has 0 aliphatic rings. The molecule has 3 heterocycles. The van der Waals surface area contributed by atoms with Crippen LogP contribution in [0.2, 0.25) is 0 Å². The molecule has 0 aliphatic carbocycles. The van der Waals surface area contributed by atoms with Gasteiger partial charge in [0.1, 0.15) is 11.5 Å². The van der Waals surface area contributed by atoms with Crippen LogP contribution in [0.3, 0.4) is 0 Å². The number of nitrogens with one attached hydrogen (secondary N) is 2. The maximum atomic E-state index is 12.4. The van der Waals surface area contributed by atoms with E-state index in [-0.39, 0.29) is 18.4 Å². The first-order chi connectivity index (χ1) is 13.0. The zero-order valence-electron chi connectivity index (χ0n) is 15.0. The second-order valence-corrected chi connectivity index (χ2v) is 7.24. The number of nitrogens with zero attached hydrogens (tertiary/aromatic N) is 3. The monoisotopic (exact) mass is 381 g/mol. The van der Waals surface area contributed by atoms with Crippen LogP contribution in [0.5, 0.6) is 0 Å². The van der Waals surface area contributed by atoms with Gasteiger partial charge in [0.05, 0.1) is 34.3 Å². The first-order valence-corrected chi connectivity index (χ1v) is 9.40. The Labute approximate surface area is 159 Å². The third-order valence-corrected chi connectivity index (χ3v) is 5.48. The van der Waals surface area contributed by atoms with Crippen molar-refractivity contribution in [3.63, 3.8) is 0 Å². The van der Waals surface area contributed by atoms with E-state index < -0.39 is 0 Å². The Balaban J connectivity index is 1.35. The van der Waals surface area contributed by atoms with Crippen LogP contribution >= 0.6 is 11.3 Å². The van der Waals surface area contributed by atoms with E-state index in [4.69, 9.17) is 0 Å². The number of rotatable bonds is 5. The predicted octanol–water partition coefficient (Wildman–Crippen LogP) is 2.17. The first kappa shape index (κ1) is 17.3. The lowest BCUT2D eigenvalue weighted by Crippen LogP contribution is -2.37. The molecule has 8 heteroatoms. The number of amides is 2. The van der Waals surface area contributed by atoms with Crippen molar-refractivity contribution in [2.75, 3.05) is 6.54 Å². The van der Waals surface area contributed by atoms with E-state index in [1.165, 1.54) is 0 Å². The highest BCUT2D eigenvalue weighted by molar-refractivity contribution is 7.17. The summed E-state index contributed by atoms with van der Waals surface area (Å²) in [4.78, 5) is 29.0. The van der Waals surface area contributed by atoms with Crippen LogP contribution in [0.15, 0.2) is 41.8 Å². The molecule has 3 aromatic heterocycles. The van der Waals surface area contributed by atoms with E-state index in [0.29, 0.717) is 12.2 Å². The molecule has 4 rings (SSSR count).